The summed E-state index contributed by atoms with van der Waals surface area (Å²) in [6.07, 6.45) is 1.56. The summed E-state index contributed by atoms with van der Waals surface area (Å²) in [6, 6.07) is 8.58. The Hall–Kier alpha value is -2.56. The lowest BCUT2D eigenvalue weighted by Gasteiger charge is -2.44. The van der Waals surface area contributed by atoms with Gasteiger partial charge in [0.15, 0.2) is 5.82 Å². The number of rotatable bonds is 0. The molecule has 0 spiro atoms. The van der Waals surface area contributed by atoms with Crippen LogP contribution in [0.2, 0.25) is 0 Å². The fourth-order valence-electron chi connectivity index (χ4n) is 3.62. The van der Waals surface area contributed by atoms with E-state index in [0.29, 0.717) is 28.0 Å². The van der Waals surface area contributed by atoms with Crippen LogP contribution in [0, 0.1) is 18.6 Å². The maximum Gasteiger partial charge on any atom is 0.153 e. The van der Waals surface area contributed by atoms with E-state index in [1.54, 1.807) is 30.0 Å². The van der Waals surface area contributed by atoms with E-state index in [1.165, 1.54) is 6.07 Å². The third-order valence-electron chi connectivity index (χ3n) is 5.87. The van der Waals surface area contributed by atoms with Crippen LogP contribution in [0.1, 0.15) is 44.4 Å². The average Bonchev–Trinajstić information content (AvgIpc) is 2.99. The summed E-state index contributed by atoms with van der Waals surface area (Å²) in [7, 11) is 0. The van der Waals surface area contributed by atoms with E-state index >= 15 is 0 Å². The number of halogens is 2. The number of hydrogen-bond acceptors (Lipinski definition) is 2. The molecule has 0 amide bonds. The van der Waals surface area contributed by atoms with Gasteiger partial charge < -0.3 is 0 Å². The van der Waals surface area contributed by atoms with Gasteiger partial charge in [0.1, 0.15) is 23.5 Å². The summed E-state index contributed by atoms with van der Waals surface area (Å²) in [5.41, 5.74) is 1.78. The van der Waals surface area contributed by atoms with Crippen molar-refractivity contribution in [2.75, 3.05) is 0 Å². The predicted molar refractivity (Wildman–Crippen MR) is 99.9 cm³/mol. The second-order valence-electron chi connectivity index (χ2n) is 7.96. The molecule has 2 heterocycles. The van der Waals surface area contributed by atoms with Gasteiger partial charge in [-0.1, -0.05) is 32.0 Å². The van der Waals surface area contributed by atoms with E-state index in [4.69, 9.17) is 4.99 Å². The van der Waals surface area contributed by atoms with Crippen molar-refractivity contribution in [1.29, 1.82) is 0 Å². The second kappa shape index (κ2) is 5.22. The van der Waals surface area contributed by atoms with Gasteiger partial charge in [0, 0.05) is 16.5 Å². The van der Waals surface area contributed by atoms with E-state index in [2.05, 4.69) is 4.98 Å². The van der Waals surface area contributed by atoms with Crippen LogP contribution in [0.3, 0.4) is 0 Å². The third kappa shape index (κ3) is 2.09. The van der Waals surface area contributed by atoms with E-state index in [1.807, 2.05) is 39.8 Å². The Morgan fingerprint density at radius 1 is 1.00 bits per heavy atom. The molecule has 3 nitrogen and oxygen atoms in total. The van der Waals surface area contributed by atoms with Crippen molar-refractivity contribution in [2.24, 2.45) is 4.99 Å². The molecule has 0 bridgehead atoms. The van der Waals surface area contributed by atoms with Crippen molar-refractivity contribution in [3.63, 3.8) is 0 Å². The molecule has 0 aliphatic carbocycles. The molecule has 0 radical (unpaired) electrons. The molecule has 4 rings (SSSR count). The lowest BCUT2D eigenvalue weighted by atomic mass is 9.66. The second-order valence-corrected chi connectivity index (χ2v) is 7.96. The predicted octanol–water partition coefficient (Wildman–Crippen LogP) is 4.99. The summed E-state index contributed by atoms with van der Waals surface area (Å²) in [5, 5.41) is 0. The van der Waals surface area contributed by atoms with Gasteiger partial charge in [-0.3, -0.25) is 9.56 Å². The SMILES string of the molecule is Cc1ccc2c(ncn2C2=NC(C)(C)C(C)(C)c3c(F)cccc32)c1F. The van der Waals surface area contributed by atoms with Gasteiger partial charge in [0.25, 0.3) is 0 Å². The molecule has 0 saturated heterocycles. The van der Waals surface area contributed by atoms with Gasteiger partial charge in [0.2, 0.25) is 0 Å². The molecule has 1 aliphatic rings. The molecule has 0 saturated carbocycles. The zero-order chi connectivity index (χ0) is 18.9. The van der Waals surface area contributed by atoms with E-state index in [9.17, 15) is 8.78 Å². The number of hydrogen-bond donors (Lipinski definition) is 0. The highest BCUT2D eigenvalue weighted by molar-refractivity contribution is 6.07. The lowest BCUT2D eigenvalue weighted by molar-refractivity contribution is 0.292. The fourth-order valence-corrected chi connectivity index (χ4v) is 3.62. The topological polar surface area (TPSA) is 30.2 Å². The molecule has 1 aromatic heterocycles. The van der Waals surface area contributed by atoms with Crippen LogP contribution in [0.5, 0.6) is 0 Å². The molecule has 3 aromatic rings. The van der Waals surface area contributed by atoms with Gasteiger partial charge in [-0.15, -0.1) is 0 Å². The number of aryl methyl sites for hydroxylation is 1. The number of aliphatic imine (C=N–C) groups is 1. The Morgan fingerprint density at radius 2 is 1.73 bits per heavy atom. The number of aromatic nitrogens is 2. The molecule has 0 unspecified atom stereocenters. The smallest absolute Gasteiger partial charge is 0.153 e. The highest BCUT2D eigenvalue weighted by Crippen LogP contribution is 2.44. The Kier molecular flexibility index (Phi) is 3.39. The zero-order valence-electron chi connectivity index (χ0n) is 15.6. The first-order valence-corrected chi connectivity index (χ1v) is 8.67. The summed E-state index contributed by atoms with van der Waals surface area (Å²) in [6.45, 7) is 9.70. The van der Waals surface area contributed by atoms with Crippen molar-refractivity contribution < 1.29 is 8.78 Å². The molecule has 134 valence electrons. The van der Waals surface area contributed by atoms with Crippen LogP contribution in [0.25, 0.3) is 11.0 Å². The van der Waals surface area contributed by atoms with Crippen LogP contribution >= 0.6 is 0 Å². The zero-order valence-corrected chi connectivity index (χ0v) is 15.6. The molecule has 1 aliphatic heterocycles. The normalized spacial score (nSPS) is 17.9. The summed E-state index contributed by atoms with van der Waals surface area (Å²) < 4.78 is 31.0. The molecule has 0 N–H and O–H groups in total. The van der Waals surface area contributed by atoms with Crippen LogP contribution in [0.4, 0.5) is 8.78 Å². The van der Waals surface area contributed by atoms with Crippen molar-refractivity contribution in [3.05, 3.63) is 65.0 Å². The van der Waals surface area contributed by atoms with E-state index in [-0.39, 0.29) is 11.6 Å². The number of imidazole rings is 1. The van der Waals surface area contributed by atoms with Crippen LogP contribution in [-0.2, 0) is 5.41 Å². The molecular weight excluding hydrogens is 332 g/mol. The van der Waals surface area contributed by atoms with Crippen molar-refractivity contribution in [1.82, 2.24) is 9.55 Å². The number of benzene rings is 2. The monoisotopic (exact) mass is 353 g/mol. The molecular formula is C21H21F2N3. The summed E-state index contributed by atoms with van der Waals surface area (Å²) in [5.74, 6) is 0.00529. The minimum absolute atomic E-state index is 0.251. The first-order valence-electron chi connectivity index (χ1n) is 8.67. The molecule has 5 heteroatoms. The van der Waals surface area contributed by atoms with Gasteiger partial charge in [-0.25, -0.2) is 13.8 Å². The molecule has 2 aromatic carbocycles. The Bertz CT molecular complexity index is 1070. The maximum atomic E-state index is 14.8. The number of fused-ring (bicyclic) bond motifs is 2. The van der Waals surface area contributed by atoms with Gasteiger partial charge >= 0.3 is 0 Å². The van der Waals surface area contributed by atoms with Gasteiger partial charge in [0.05, 0.1) is 11.1 Å². The van der Waals surface area contributed by atoms with Gasteiger partial charge in [-0.05, 0) is 38.5 Å². The minimum atomic E-state index is -0.544. The fraction of sp³-hybridized carbons (Fsp3) is 0.333. The quantitative estimate of drug-likeness (QED) is 0.560. The largest absolute Gasteiger partial charge is 0.283 e. The van der Waals surface area contributed by atoms with Crippen molar-refractivity contribution in [2.45, 2.75) is 45.6 Å². The number of nitrogens with zero attached hydrogens (tertiary/aromatic N) is 3. The highest BCUT2D eigenvalue weighted by Gasteiger charge is 2.45. The molecule has 0 fully saturated rings. The summed E-state index contributed by atoms with van der Waals surface area (Å²) in [4.78, 5) is 9.19. The first-order chi connectivity index (χ1) is 12.1. The van der Waals surface area contributed by atoms with Gasteiger partial charge in [-0.2, -0.15) is 0 Å². The van der Waals surface area contributed by atoms with E-state index < -0.39 is 11.0 Å². The summed E-state index contributed by atoms with van der Waals surface area (Å²) >= 11 is 0. The molecule has 0 atom stereocenters. The minimum Gasteiger partial charge on any atom is -0.283 e. The molecule has 26 heavy (non-hydrogen) atoms. The van der Waals surface area contributed by atoms with Crippen LogP contribution < -0.4 is 0 Å². The Morgan fingerprint density at radius 3 is 2.46 bits per heavy atom. The van der Waals surface area contributed by atoms with E-state index in [0.717, 1.165) is 5.56 Å². The first kappa shape index (κ1) is 16.9. The van der Waals surface area contributed by atoms with Crippen LogP contribution in [0.15, 0.2) is 41.7 Å². The van der Waals surface area contributed by atoms with Crippen LogP contribution in [-0.4, -0.2) is 20.9 Å². The highest BCUT2D eigenvalue weighted by atomic mass is 19.1. The average molecular weight is 353 g/mol. The standard InChI is InChI=1S/C21H21F2N3/c1-12-9-10-15-18(17(12)23)24-11-26(15)19-13-7-6-8-14(22)16(13)20(2,3)21(4,5)25-19/h6-11H,1-5H3. The Labute approximate surface area is 151 Å². The van der Waals surface area contributed by atoms with Crippen molar-refractivity contribution in [3.8, 4) is 0 Å². The lowest BCUT2D eigenvalue weighted by Crippen LogP contribution is -2.47. The maximum absolute atomic E-state index is 14.8. The Balaban J connectivity index is 2.06. The third-order valence-corrected chi connectivity index (χ3v) is 5.87. The van der Waals surface area contributed by atoms with Crippen molar-refractivity contribution >= 4 is 16.9 Å².